The largest absolute Gasteiger partial charge is 0.493 e. The van der Waals surface area contributed by atoms with E-state index >= 15 is 0 Å². The Kier molecular flexibility index (Phi) is 8.63. The number of ether oxygens (including phenoxy) is 2. The number of carbonyl (C=O) groups is 1. The summed E-state index contributed by atoms with van der Waals surface area (Å²) in [5.74, 6) is 1.45. The van der Waals surface area contributed by atoms with E-state index in [-0.39, 0.29) is 11.0 Å². The second kappa shape index (κ2) is 11.9. The molecule has 3 aromatic carbocycles. The molecule has 0 spiro atoms. The molecule has 0 aliphatic heterocycles. The van der Waals surface area contributed by atoms with E-state index in [1.807, 2.05) is 48.5 Å². The fourth-order valence-electron chi connectivity index (χ4n) is 2.93. The molecule has 0 unspecified atom stereocenters. The van der Waals surface area contributed by atoms with E-state index in [2.05, 4.69) is 36.6 Å². The molecule has 0 aromatic heterocycles. The van der Waals surface area contributed by atoms with E-state index in [0.29, 0.717) is 30.4 Å². The summed E-state index contributed by atoms with van der Waals surface area (Å²) in [6.45, 7) is 5.34. The minimum atomic E-state index is -0.324. The molecule has 0 fully saturated rings. The molecular weight excluding hydrogens is 420 g/mol. The molecule has 0 bridgehead atoms. The van der Waals surface area contributed by atoms with Crippen LogP contribution < -0.4 is 20.1 Å². The van der Waals surface area contributed by atoms with Gasteiger partial charge in [-0.1, -0.05) is 56.3 Å². The van der Waals surface area contributed by atoms with Crippen molar-refractivity contribution in [3.8, 4) is 11.5 Å². The van der Waals surface area contributed by atoms with Crippen LogP contribution in [0.5, 0.6) is 11.5 Å². The van der Waals surface area contributed by atoms with Crippen molar-refractivity contribution in [3.63, 3.8) is 0 Å². The Morgan fingerprint density at radius 1 is 0.906 bits per heavy atom. The van der Waals surface area contributed by atoms with Crippen LogP contribution in [0.3, 0.4) is 0 Å². The maximum atomic E-state index is 12.8. The maximum absolute atomic E-state index is 12.8. The summed E-state index contributed by atoms with van der Waals surface area (Å²) in [4.78, 5) is 12.8. The van der Waals surface area contributed by atoms with Gasteiger partial charge in [0.05, 0.1) is 18.8 Å². The molecule has 32 heavy (non-hydrogen) atoms. The van der Waals surface area contributed by atoms with Crippen molar-refractivity contribution in [2.45, 2.75) is 20.3 Å². The minimum Gasteiger partial charge on any atom is -0.493 e. The fourth-order valence-corrected chi connectivity index (χ4v) is 3.14. The average molecular weight is 449 g/mol. The van der Waals surface area contributed by atoms with Gasteiger partial charge in [0.2, 0.25) is 0 Å². The first-order valence-electron chi connectivity index (χ1n) is 10.6. The Labute approximate surface area is 194 Å². The van der Waals surface area contributed by atoms with E-state index < -0.39 is 0 Å². The van der Waals surface area contributed by atoms with Crippen LogP contribution >= 0.6 is 12.2 Å². The zero-order valence-corrected chi connectivity index (χ0v) is 19.2. The molecule has 6 heteroatoms. The van der Waals surface area contributed by atoms with Crippen LogP contribution in [0.4, 0.5) is 5.69 Å². The molecule has 0 saturated heterocycles. The first kappa shape index (κ1) is 23.3. The Hall–Kier alpha value is -3.38. The summed E-state index contributed by atoms with van der Waals surface area (Å²) in [6, 6.07) is 24.7. The van der Waals surface area contributed by atoms with Gasteiger partial charge in [-0.15, -0.1) is 0 Å². The number of nitrogens with one attached hydrogen (secondary N) is 2. The van der Waals surface area contributed by atoms with Crippen LogP contribution in [-0.4, -0.2) is 24.2 Å². The van der Waals surface area contributed by atoms with Crippen LogP contribution in [0.2, 0.25) is 0 Å². The monoisotopic (exact) mass is 448 g/mol. The summed E-state index contributed by atoms with van der Waals surface area (Å²) in [7, 11) is 0. The molecule has 0 aliphatic rings. The third kappa shape index (κ3) is 7.39. The van der Waals surface area contributed by atoms with E-state index in [4.69, 9.17) is 21.7 Å². The van der Waals surface area contributed by atoms with Crippen LogP contribution in [0.15, 0.2) is 78.9 Å². The van der Waals surface area contributed by atoms with Gasteiger partial charge in [-0.3, -0.25) is 10.1 Å². The normalized spacial score (nSPS) is 10.5. The number of thiocarbonyl (C=S) groups is 1. The van der Waals surface area contributed by atoms with Crippen molar-refractivity contribution < 1.29 is 14.3 Å². The number of para-hydroxylation sites is 1. The fraction of sp³-hybridized carbons (Fsp3) is 0.231. The Bertz CT molecular complexity index is 1020. The molecule has 0 atom stereocenters. The minimum absolute atomic E-state index is 0.213. The molecular formula is C26H28N2O3S. The molecule has 0 saturated carbocycles. The topological polar surface area (TPSA) is 59.6 Å². The van der Waals surface area contributed by atoms with E-state index in [9.17, 15) is 4.79 Å². The molecule has 0 radical (unpaired) electrons. The van der Waals surface area contributed by atoms with E-state index in [1.165, 1.54) is 5.56 Å². The smallest absolute Gasteiger partial charge is 0.261 e. The van der Waals surface area contributed by atoms with Gasteiger partial charge in [0, 0.05) is 12.1 Å². The zero-order valence-electron chi connectivity index (χ0n) is 18.3. The molecule has 5 nitrogen and oxygen atoms in total. The Morgan fingerprint density at radius 2 is 1.59 bits per heavy atom. The van der Waals surface area contributed by atoms with Gasteiger partial charge in [-0.25, -0.2) is 0 Å². The molecule has 166 valence electrons. The van der Waals surface area contributed by atoms with Crippen LogP contribution in [0, 0.1) is 5.92 Å². The quantitative estimate of drug-likeness (QED) is 0.425. The summed E-state index contributed by atoms with van der Waals surface area (Å²) in [6.07, 6.45) is 0.758. The maximum Gasteiger partial charge on any atom is 0.261 e. The van der Waals surface area contributed by atoms with Crippen molar-refractivity contribution in [3.05, 3.63) is 90.0 Å². The molecule has 1 amide bonds. The lowest BCUT2D eigenvalue weighted by atomic mass is 10.1. The van der Waals surface area contributed by atoms with Gasteiger partial charge >= 0.3 is 0 Å². The standard InChI is InChI=1S/C26H28N2O3S/c1-19(2)18-31-22-14-12-21(13-15-22)27-26(32)28-25(29)23-10-6-7-11-24(23)30-17-16-20-8-4-3-5-9-20/h3-15,19H,16-18H2,1-2H3,(H2,27,28,29,32). The lowest BCUT2D eigenvalue weighted by Crippen LogP contribution is -2.34. The van der Waals surface area contributed by atoms with Crippen molar-refractivity contribution >= 4 is 28.9 Å². The van der Waals surface area contributed by atoms with Gasteiger partial charge in [0.25, 0.3) is 5.91 Å². The summed E-state index contributed by atoms with van der Waals surface area (Å²) >= 11 is 5.31. The SMILES string of the molecule is CC(C)COc1ccc(NC(=S)NC(=O)c2ccccc2OCCc2ccccc2)cc1. The Morgan fingerprint density at radius 3 is 2.31 bits per heavy atom. The van der Waals surface area contributed by atoms with E-state index in [1.54, 1.807) is 18.2 Å². The van der Waals surface area contributed by atoms with Gasteiger partial charge < -0.3 is 14.8 Å². The second-order valence-electron chi connectivity index (χ2n) is 7.72. The van der Waals surface area contributed by atoms with Gasteiger partial charge in [-0.05, 0) is 60.1 Å². The zero-order chi connectivity index (χ0) is 22.8. The average Bonchev–Trinajstić information content (AvgIpc) is 2.79. The first-order chi connectivity index (χ1) is 15.5. The molecule has 0 aliphatic carbocycles. The van der Waals surface area contributed by atoms with Crippen LogP contribution in [0.25, 0.3) is 0 Å². The highest BCUT2D eigenvalue weighted by Crippen LogP contribution is 2.19. The van der Waals surface area contributed by atoms with Gasteiger partial charge in [-0.2, -0.15) is 0 Å². The number of amides is 1. The van der Waals surface area contributed by atoms with Crippen LogP contribution in [0.1, 0.15) is 29.8 Å². The molecule has 3 rings (SSSR count). The highest BCUT2D eigenvalue weighted by Gasteiger charge is 2.14. The van der Waals surface area contributed by atoms with Crippen molar-refractivity contribution in [2.24, 2.45) is 5.92 Å². The number of hydrogen-bond acceptors (Lipinski definition) is 4. The molecule has 0 heterocycles. The van der Waals surface area contributed by atoms with E-state index in [0.717, 1.165) is 17.9 Å². The number of carbonyl (C=O) groups excluding carboxylic acids is 1. The predicted molar refractivity (Wildman–Crippen MR) is 133 cm³/mol. The number of anilines is 1. The number of benzene rings is 3. The van der Waals surface area contributed by atoms with Crippen molar-refractivity contribution in [1.29, 1.82) is 0 Å². The van der Waals surface area contributed by atoms with Gasteiger partial charge in [0.15, 0.2) is 5.11 Å². The van der Waals surface area contributed by atoms with Crippen molar-refractivity contribution in [2.75, 3.05) is 18.5 Å². The highest BCUT2D eigenvalue weighted by molar-refractivity contribution is 7.80. The second-order valence-corrected chi connectivity index (χ2v) is 8.13. The summed E-state index contributed by atoms with van der Waals surface area (Å²) in [5, 5.41) is 5.95. The first-order valence-corrected chi connectivity index (χ1v) is 11.0. The number of rotatable bonds is 9. The van der Waals surface area contributed by atoms with Crippen molar-refractivity contribution in [1.82, 2.24) is 5.32 Å². The summed E-state index contributed by atoms with van der Waals surface area (Å²) in [5.41, 5.74) is 2.38. The lowest BCUT2D eigenvalue weighted by molar-refractivity contribution is 0.0974. The summed E-state index contributed by atoms with van der Waals surface area (Å²) < 4.78 is 11.6. The molecule has 3 aromatic rings. The predicted octanol–water partition coefficient (Wildman–Crippen LogP) is 5.47. The highest BCUT2D eigenvalue weighted by atomic mass is 32.1. The molecule has 2 N–H and O–H groups in total. The third-order valence-electron chi connectivity index (χ3n) is 4.55. The Balaban J connectivity index is 1.53. The number of hydrogen-bond donors (Lipinski definition) is 2. The van der Waals surface area contributed by atoms with Crippen LogP contribution in [-0.2, 0) is 6.42 Å². The lowest BCUT2D eigenvalue weighted by Gasteiger charge is -2.14. The van der Waals surface area contributed by atoms with Gasteiger partial charge in [0.1, 0.15) is 11.5 Å². The third-order valence-corrected chi connectivity index (χ3v) is 4.75.